The first-order valence-electron chi connectivity index (χ1n) is 8.02. The van der Waals surface area contributed by atoms with Crippen molar-refractivity contribution in [2.45, 2.75) is 53.1 Å². The third-order valence-corrected chi connectivity index (χ3v) is 4.65. The third-order valence-electron chi connectivity index (χ3n) is 4.65. The quantitative estimate of drug-likeness (QED) is 0.881. The second-order valence-electron chi connectivity index (χ2n) is 6.73. The highest BCUT2D eigenvalue weighted by atomic mass is 15.2. The summed E-state index contributed by atoms with van der Waals surface area (Å²) in [4.78, 5) is 2.59. The zero-order chi connectivity index (χ0) is 14.7. The predicted molar refractivity (Wildman–Crippen MR) is 87.1 cm³/mol. The fraction of sp³-hybridized carbons (Fsp3) is 0.667. The third kappa shape index (κ3) is 3.83. The number of nitrogens with one attached hydrogen (secondary N) is 1. The van der Waals surface area contributed by atoms with Crippen LogP contribution in [0.4, 0.5) is 0 Å². The smallest absolute Gasteiger partial charge is 0.0294 e. The molecular formula is C18H30N2. The minimum Gasteiger partial charge on any atom is -0.310 e. The van der Waals surface area contributed by atoms with Crippen LogP contribution in [0.1, 0.15) is 49.9 Å². The molecule has 0 amide bonds. The molecule has 1 aromatic rings. The van der Waals surface area contributed by atoms with Crippen LogP contribution in [0, 0.1) is 19.8 Å². The molecule has 0 aromatic heterocycles. The van der Waals surface area contributed by atoms with Crippen molar-refractivity contribution in [3.05, 3.63) is 34.9 Å². The van der Waals surface area contributed by atoms with Crippen LogP contribution < -0.4 is 5.32 Å². The maximum atomic E-state index is 3.73. The predicted octanol–water partition coefficient (Wildman–Crippen LogP) is 3.68. The molecule has 0 aliphatic carbocycles. The monoisotopic (exact) mass is 274 g/mol. The van der Waals surface area contributed by atoms with Crippen LogP contribution in [0.2, 0.25) is 0 Å². The summed E-state index contributed by atoms with van der Waals surface area (Å²) in [5, 5.41) is 3.73. The average molecular weight is 274 g/mol. The van der Waals surface area contributed by atoms with Crippen molar-refractivity contribution in [3.8, 4) is 0 Å². The highest BCUT2D eigenvalue weighted by Crippen LogP contribution is 2.21. The summed E-state index contributed by atoms with van der Waals surface area (Å²) in [7, 11) is 0. The van der Waals surface area contributed by atoms with Gasteiger partial charge in [0.2, 0.25) is 0 Å². The maximum Gasteiger partial charge on any atom is 0.0294 e. The van der Waals surface area contributed by atoms with Crippen molar-refractivity contribution in [2.24, 2.45) is 5.92 Å². The van der Waals surface area contributed by atoms with E-state index in [4.69, 9.17) is 0 Å². The Morgan fingerprint density at radius 2 is 2.00 bits per heavy atom. The number of hydrogen-bond acceptors (Lipinski definition) is 2. The van der Waals surface area contributed by atoms with Gasteiger partial charge in [0.15, 0.2) is 0 Å². The first kappa shape index (κ1) is 15.5. The van der Waals surface area contributed by atoms with Crippen LogP contribution in [0.3, 0.4) is 0 Å². The molecule has 0 bridgehead atoms. The molecule has 1 aliphatic rings. The van der Waals surface area contributed by atoms with Gasteiger partial charge in [-0.1, -0.05) is 23.8 Å². The standard InChI is InChI=1S/C18H30N2/c1-13(2)20-9-8-17(12-20)11-19-16(5)18-7-6-14(3)10-15(18)4/h6-7,10,13,16-17,19H,8-9,11-12H2,1-5H3. The Morgan fingerprint density at radius 1 is 1.25 bits per heavy atom. The lowest BCUT2D eigenvalue weighted by Gasteiger charge is -2.22. The molecule has 0 spiro atoms. The number of benzene rings is 1. The van der Waals surface area contributed by atoms with Crippen molar-refractivity contribution in [2.75, 3.05) is 19.6 Å². The molecule has 1 saturated heterocycles. The Kier molecular flexibility index (Phi) is 5.22. The largest absolute Gasteiger partial charge is 0.310 e. The number of hydrogen-bond donors (Lipinski definition) is 1. The van der Waals surface area contributed by atoms with E-state index in [1.165, 1.54) is 36.2 Å². The van der Waals surface area contributed by atoms with E-state index in [0.717, 1.165) is 12.5 Å². The molecule has 1 fully saturated rings. The van der Waals surface area contributed by atoms with E-state index >= 15 is 0 Å². The summed E-state index contributed by atoms with van der Waals surface area (Å²) in [5.41, 5.74) is 4.19. The molecule has 1 aliphatic heterocycles. The van der Waals surface area contributed by atoms with Gasteiger partial charge in [0.25, 0.3) is 0 Å². The zero-order valence-corrected chi connectivity index (χ0v) is 13.7. The molecular weight excluding hydrogens is 244 g/mol. The van der Waals surface area contributed by atoms with Crippen molar-refractivity contribution < 1.29 is 0 Å². The van der Waals surface area contributed by atoms with E-state index in [9.17, 15) is 0 Å². The molecule has 0 radical (unpaired) electrons. The van der Waals surface area contributed by atoms with Gasteiger partial charge in [0.05, 0.1) is 0 Å². The summed E-state index contributed by atoms with van der Waals surface area (Å²) in [6.45, 7) is 14.9. The number of nitrogens with zero attached hydrogens (tertiary/aromatic N) is 1. The Hall–Kier alpha value is -0.860. The van der Waals surface area contributed by atoms with Gasteiger partial charge >= 0.3 is 0 Å². The number of likely N-dealkylation sites (tertiary alicyclic amines) is 1. The van der Waals surface area contributed by atoms with Gasteiger partial charge in [-0.25, -0.2) is 0 Å². The van der Waals surface area contributed by atoms with E-state index in [0.29, 0.717) is 12.1 Å². The molecule has 1 N–H and O–H groups in total. The minimum atomic E-state index is 0.448. The zero-order valence-electron chi connectivity index (χ0n) is 13.7. The first-order chi connectivity index (χ1) is 9.47. The Bertz CT molecular complexity index is 439. The van der Waals surface area contributed by atoms with Gasteiger partial charge in [-0.05, 0) is 71.2 Å². The van der Waals surface area contributed by atoms with Gasteiger partial charge in [-0.3, -0.25) is 0 Å². The second kappa shape index (κ2) is 6.73. The fourth-order valence-corrected chi connectivity index (χ4v) is 3.26. The Balaban J connectivity index is 1.85. The normalized spacial score (nSPS) is 21.6. The van der Waals surface area contributed by atoms with Crippen LogP contribution in [0.25, 0.3) is 0 Å². The molecule has 2 heteroatoms. The van der Waals surface area contributed by atoms with E-state index in [-0.39, 0.29) is 0 Å². The van der Waals surface area contributed by atoms with Crippen LogP contribution in [-0.2, 0) is 0 Å². The highest BCUT2D eigenvalue weighted by Gasteiger charge is 2.24. The lowest BCUT2D eigenvalue weighted by atomic mass is 9.99. The van der Waals surface area contributed by atoms with Crippen molar-refractivity contribution >= 4 is 0 Å². The topological polar surface area (TPSA) is 15.3 Å². The van der Waals surface area contributed by atoms with Crippen molar-refractivity contribution in [1.29, 1.82) is 0 Å². The first-order valence-corrected chi connectivity index (χ1v) is 8.02. The molecule has 1 heterocycles. The van der Waals surface area contributed by atoms with Gasteiger partial charge in [-0.15, -0.1) is 0 Å². The molecule has 2 nitrogen and oxygen atoms in total. The molecule has 1 aromatic carbocycles. The summed E-state index contributed by atoms with van der Waals surface area (Å²) in [6, 6.07) is 7.91. The SMILES string of the molecule is Cc1ccc(C(C)NCC2CCN(C(C)C)C2)c(C)c1. The van der Waals surface area contributed by atoms with Crippen LogP contribution in [0.15, 0.2) is 18.2 Å². The maximum absolute atomic E-state index is 3.73. The van der Waals surface area contributed by atoms with E-state index < -0.39 is 0 Å². The Morgan fingerprint density at radius 3 is 2.60 bits per heavy atom. The molecule has 2 rings (SSSR count). The number of rotatable bonds is 5. The molecule has 2 atom stereocenters. The van der Waals surface area contributed by atoms with E-state index in [1.54, 1.807) is 0 Å². The molecule has 112 valence electrons. The lowest BCUT2D eigenvalue weighted by molar-refractivity contribution is 0.263. The van der Waals surface area contributed by atoms with Crippen LogP contribution in [0.5, 0.6) is 0 Å². The lowest BCUT2D eigenvalue weighted by Crippen LogP contribution is -2.31. The van der Waals surface area contributed by atoms with Gasteiger partial charge in [-0.2, -0.15) is 0 Å². The average Bonchev–Trinajstić information content (AvgIpc) is 2.85. The van der Waals surface area contributed by atoms with E-state index in [1.807, 2.05) is 0 Å². The minimum absolute atomic E-state index is 0.448. The highest BCUT2D eigenvalue weighted by molar-refractivity contribution is 5.32. The fourth-order valence-electron chi connectivity index (χ4n) is 3.26. The summed E-state index contributed by atoms with van der Waals surface area (Å²) >= 11 is 0. The van der Waals surface area contributed by atoms with Gasteiger partial charge < -0.3 is 10.2 Å². The number of aryl methyl sites for hydroxylation is 2. The van der Waals surface area contributed by atoms with Gasteiger partial charge in [0.1, 0.15) is 0 Å². The van der Waals surface area contributed by atoms with Crippen molar-refractivity contribution in [3.63, 3.8) is 0 Å². The van der Waals surface area contributed by atoms with Crippen LogP contribution in [-0.4, -0.2) is 30.6 Å². The summed E-state index contributed by atoms with van der Waals surface area (Å²) in [5.74, 6) is 0.811. The summed E-state index contributed by atoms with van der Waals surface area (Å²) in [6.07, 6.45) is 1.34. The summed E-state index contributed by atoms with van der Waals surface area (Å²) < 4.78 is 0. The van der Waals surface area contributed by atoms with Gasteiger partial charge in [0, 0.05) is 18.6 Å². The van der Waals surface area contributed by atoms with Crippen LogP contribution >= 0.6 is 0 Å². The molecule has 0 saturated carbocycles. The van der Waals surface area contributed by atoms with E-state index in [2.05, 4.69) is 63.0 Å². The Labute approximate surface area is 124 Å². The molecule has 2 unspecified atom stereocenters. The second-order valence-corrected chi connectivity index (χ2v) is 6.73. The van der Waals surface area contributed by atoms with Crippen molar-refractivity contribution in [1.82, 2.24) is 10.2 Å². The molecule has 20 heavy (non-hydrogen) atoms.